The van der Waals surface area contributed by atoms with E-state index >= 15 is 0 Å². The fourth-order valence-electron chi connectivity index (χ4n) is 2.54. The predicted molar refractivity (Wildman–Crippen MR) is 96.9 cm³/mol. The van der Waals surface area contributed by atoms with Crippen molar-refractivity contribution in [3.05, 3.63) is 45.1 Å². The molecule has 24 heavy (non-hydrogen) atoms. The van der Waals surface area contributed by atoms with Gasteiger partial charge in [0, 0.05) is 21.7 Å². The van der Waals surface area contributed by atoms with Gasteiger partial charge in [-0.05, 0) is 56.5 Å². The van der Waals surface area contributed by atoms with Crippen molar-refractivity contribution in [2.24, 2.45) is 5.73 Å². The van der Waals surface area contributed by atoms with Gasteiger partial charge in [-0.25, -0.2) is 0 Å². The fraction of sp³-hybridized carbons (Fsp3) is 0.333. The van der Waals surface area contributed by atoms with Gasteiger partial charge in [-0.3, -0.25) is 9.59 Å². The Morgan fingerprint density at radius 1 is 1.25 bits per heavy atom. The third-order valence-electron chi connectivity index (χ3n) is 3.75. The highest BCUT2D eigenvalue weighted by molar-refractivity contribution is 7.12. The van der Waals surface area contributed by atoms with E-state index in [0.29, 0.717) is 23.4 Å². The molecule has 0 aliphatic rings. The van der Waals surface area contributed by atoms with Crippen LogP contribution in [0.3, 0.4) is 0 Å². The molecule has 5 nitrogen and oxygen atoms in total. The number of thiophene rings is 1. The molecule has 1 aromatic heterocycles. The molecule has 128 valence electrons. The molecule has 0 bridgehead atoms. The van der Waals surface area contributed by atoms with Gasteiger partial charge < -0.3 is 15.8 Å². The summed E-state index contributed by atoms with van der Waals surface area (Å²) in [5.41, 5.74) is 7.37. The lowest BCUT2D eigenvalue weighted by Gasteiger charge is -2.11. The van der Waals surface area contributed by atoms with Gasteiger partial charge in [0.1, 0.15) is 5.75 Å². The zero-order chi connectivity index (χ0) is 17.7. The van der Waals surface area contributed by atoms with Crippen LogP contribution in [-0.2, 0) is 11.2 Å². The zero-order valence-corrected chi connectivity index (χ0v) is 15.0. The minimum Gasteiger partial charge on any atom is -0.495 e. The van der Waals surface area contributed by atoms with Crippen LogP contribution in [-0.4, -0.2) is 18.9 Å². The summed E-state index contributed by atoms with van der Waals surface area (Å²) in [4.78, 5) is 26.0. The maximum atomic E-state index is 12.2. The molecule has 0 saturated heterocycles. The van der Waals surface area contributed by atoms with Crippen LogP contribution >= 0.6 is 11.3 Å². The molecule has 2 rings (SSSR count). The Morgan fingerprint density at radius 2 is 2.00 bits per heavy atom. The molecule has 2 amide bonds. The maximum Gasteiger partial charge on any atom is 0.248 e. The average molecular weight is 346 g/mol. The summed E-state index contributed by atoms with van der Waals surface area (Å²) in [5, 5.41) is 2.79. The minimum atomic E-state index is -0.545. The molecule has 0 radical (unpaired) electrons. The lowest BCUT2D eigenvalue weighted by Crippen LogP contribution is -2.15. The number of ether oxygens (including phenoxy) is 1. The van der Waals surface area contributed by atoms with E-state index in [1.54, 1.807) is 23.5 Å². The lowest BCUT2D eigenvalue weighted by atomic mass is 10.1. The summed E-state index contributed by atoms with van der Waals surface area (Å²) in [6.07, 6.45) is 2.04. The number of hydrogen-bond acceptors (Lipinski definition) is 4. The third-order valence-corrected chi connectivity index (χ3v) is 4.76. The first-order valence-corrected chi connectivity index (χ1v) is 8.56. The van der Waals surface area contributed by atoms with Crippen LogP contribution < -0.4 is 15.8 Å². The number of carbonyl (C=O) groups excluding carboxylic acids is 2. The molecule has 1 heterocycles. The van der Waals surface area contributed by atoms with Crippen molar-refractivity contribution < 1.29 is 14.3 Å². The molecule has 0 aliphatic heterocycles. The second kappa shape index (κ2) is 7.97. The van der Waals surface area contributed by atoms with E-state index in [0.717, 1.165) is 12.8 Å². The molecular weight excluding hydrogens is 324 g/mol. The van der Waals surface area contributed by atoms with Crippen LogP contribution in [0, 0.1) is 13.8 Å². The Kier molecular flexibility index (Phi) is 5.98. The van der Waals surface area contributed by atoms with E-state index in [1.807, 2.05) is 0 Å². The smallest absolute Gasteiger partial charge is 0.248 e. The first kappa shape index (κ1) is 18.0. The second-order valence-electron chi connectivity index (χ2n) is 5.62. The van der Waals surface area contributed by atoms with E-state index in [2.05, 4.69) is 25.2 Å². The number of nitrogens with two attached hydrogens (primary N) is 1. The number of nitrogens with one attached hydrogen (secondary N) is 1. The van der Waals surface area contributed by atoms with Gasteiger partial charge >= 0.3 is 0 Å². The van der Waals surface area contributed by atoms with Crippen molar-refractivity contribution in [2.75, 3.05) is 12.4 Å². The molecule has 0 saturated carbocycles. The van der Waals surface area contributed by atoms with Gasteiger partial charge in [-0.15, -0.1) is 11.3 Å². The van der Waals surface area contributed by atoms with Crippen molar-refractivity contribution >= 4 is 28.8 Å². The van der Waals surface area contributed by atoms with E-state index in [9.17, 15) is 9.59 Å². The maximum absolute atomic E-state index is 12.2. The number of methoxy groups -OCH3 is 1. The summed E-state index contributed by atoms with van der Waals surface area (Å²) >= 11 is 1.78. The Bertz CT molecular complexity index is 753. The largest absolute Gasteiger partial charge is 0.495 e. The van der Waals surface area contributed by atoms with Crippen LogP contribution in [0.1, 0.15) is 38.5 Å². The molecule has 0 atom stereocenters. The minimum absolute atomic E-state index is 0.112. The monoisotopic (exact) mass is 346 g/mol. The van der Waals surface area contributed by atoms with Gasteiger partial charge in [-0.1, -0.05) is 0 Å². The van der Waals surface area contributed by atoms with Crippen LogP contribution in [0.4, 0.5) is 5.69 Å². The molecular formula is C18H22N2O3S. The number of hydrogen-bond donors (Lipinski definition) is 2. The lowest BCUT2D eigenvalue weighted by molar-refractivity contribution is -0.116. The van der Waals surface area contributed by atoms with E-state index in [4.69, 9.17) is 10.5 Å². The Balaban J connectivity index is 1.95. The van der Waals surface area contributed by atoms with Crippen LogP contribution in [0.5, 0.6) is 5.75 Å². The number of anilines is 1. The van der Waals surface area contributed by atoms with Crippen LogP contribution in [0.25, 0.3) is 0 Å². The fourth-order valence-corrected chi connectivity index (χ4v) is 3.52. The van der Waals surface area contributed by atoms with E-state index in [-0.39, 0.29) is 5.91 Å². The molecule has 0 unspecified atom stereocenters. The molecule has 0 spiro atoms. The van der Waals surface area contributed by atoms with Crippen molar-refractivity contribution in [1.29, 1.82) is 0 Å². The molecule has 3 N–H and O–H groups in total. The highest BCUT2D eigenvalue weighted by Crippen LogP contribution is 2.26. The third kappa shape index (κ3) is 4.58. The van der Waals surface area contributed by atoms with Crippen LogP contribution in [0.2, 0.25) is 0 Å². The normalized spacial score (nSPS) is 10.5. The van der Waals surface area contributed by atoms with Gasteiger partial charge in [0.05, 0.1) is 12.8 Å². The predicted octanol–water partition coefficient (Wildman–Crippen LogP) is 3.43. The van der Waals surface area contributed by atoms with Crippen molar-refractivity contribution in [2.45, 2.75) is 33.1 Å². The number of rotatable bonds is 7. The molecule has 2 aromatic rings. The first-order valence-electron chi connectivity index (χ1n) is 7.74. The number of aryl methyl sites for hydroxylation is 3. The number of benzene rings is 1. The quantitative estimate of drug-likeness (QED) is 0.806. The van der Waals surface area contributed by atoms with Crippen molar-refractivity contribution in [3.8, 4) is 5.75 Å². The van der Waals surface area contributed by atoms with Gasteiger partial charge in [0.25, 0.3) is 0 Å². The Hall–Kier alpha value is -2.34. The SMILES string of the molecule is COc1ccc(C(N)=O)cc1NC(=O)CCCc1cc(C)sc1C. The Labute approximate surface area is 145 Å². The summed E-state index contributed by atoms with van der Waals surface area (Å²) < 4.78 is 5.21. The summed E-state index contributed by atoms with van der Waals surface area (Å²) in [7, 11) is 1.51. The van der Waals surface area contributed by atoms with E-state index in [1.165, 1.54) is 28.5 Å². The van der Waals surface area contributed by atoms with E-state index < -0.39 is 5.91 Å². The highest BCUT2D eigenvalue weighted by atomic mass is 32.1. The molecule has 6 heteroatoms. The van der Waals surface area contributed by atoms with Gasteiger partial charge in [-0.2, -0.15) is 0 Å². The standard InChI is InChI=1S/C18H22N2O3S/c1-11-9-13(12(2)24-11)5-4-6-17(21)20-15-10-14(18(19)22)7-8-16(15)23-3/h7-10H,4-6H2,1-3H3,(H2,19,22)(H,20,21). The summed E-state index contributed by atoms with van der Waals surface area (Å²) in [6.45, 7) is 4.19. The Morgan fingerprint density at radius 3 is 2.58 bits per heavy atom. The van der Waals surface area contributed by atoms with Crippen molar-refractivity contribution in [1.82, 2.24) is 0 Å². The van der Waals surface area contributed by atoms with Gasteiger partial charge in [0.15, 0.2) is 0 Å². The topological polar surface area (TPSA) is 81.4 Å². The highest BCUT2D eigenvalue weighted by Gasteiger charge is 2.11. The first-order chi connectivity index (χ1) is 11.4. The number of primary amides is 1. The second-order valence-corrected chi connectivity index (χ2v) is 7.08. The number of carbonyl (C=O) groups is 2. The molecule has 1 aromatic carbocycles. The van der Waals surface area contributed by atoms with Crippen molar-refractivity contribution in [3.63, 3.8) is 0 Å². The summed E-state index contributed by atoms with van der Waals surface area (Å²) in [6, 6.07) is 6.90. The molecule has 0 aliphatic carbocycles. The van der Waals surface area contributed by atoms with Gasteiger partial charge in [0.2, 0.25) is 11.8 Å². The zero-order valence-electron chi connectivity index (χ0n) is 14.1. The number of amides is 2. The average Bonchev–Trinajstić information content (AvgIpc) is 2.85. The molecule has 0 fully saturated rings. The van der Waals surface area contributed by atoms with Crippen LogP contribution in [0.15, 0.2) is 24.3 Å². The summed E-state index contributed by atoms with van der Waals surface area (Å²) in [5.74, 6) is -0.159.